The molecule has 0 bridgehead atoms. The van der Waals surface area contributed by atoms with E-state index in [0.717, 1.165) is 15.2 Å². The van der Waals surface area contributed by atoms with Crippen LogP contribution in [0, 0.1) is 0 Å². The third kappa shape index (κ3) is 9.15. The molecule has 12 nitrogen and oxygen atoms in total. The molecule has 4 rings (SSSR count). The molecular formula is C25H23Cl2N4O8S4-. The van der Waals surface area contributed by atoms with Crippen LogP contribution in [0.5, 0.6) is 0 Å². The minimum absolute atomic E-state index is 0.289. The van der Waals surface area contributed by atoms with Crippen LogP contribution >= 0.6 is 46.3 Å². The quantitative estimate of drug-likeness (QED) is 0.222. The number of nitrogens with one attached hydrogen (secondary N) is 2. The van der Waals surface area contributed by atoms with Gasteiger partial charge in [0.25, 0.3) is 10.9 Å². The number of fused-ring (bicyclic) bond motifs is 2. The number of anilines is 1. The number of halogens is 2. The lowest BCUT2D eigenvalue weighted by molar-refractivity contribution is -0.655. The van der Waals surface area contributed by atoms with Crippen LogP contribution in [0.4, 0.5) is 5.69 Å². The zero-order valence-corrected chi connectivity index (χ0v) is 27.0. The number of aromatic nitrogens is 1. The molecule has 18 heteroatoms. The van der Waals surface area contributed by atoms with Gasteiger partial charge in [-0.1, -0.05) is 53.2 Å². The van der Waals surface area contributed by atoms with Gasteiger partial charge in [-0.3, -0.25) is 9.59 Å². The molecule has 0 saturated heterocycles. The summed E-state index contributed by atoms with van der Waals surface area (Å²) in [6, 6.07) is 10.3. The molecule has 0 spiro atoms. The highest BCUT2D eigenvalue weighted by atomic mass is 35.5. The number of amides is 2. The maximum absolute atomic E-state index is 12.6. The van der Waals surface area contributed by atoms with E-state index in [1.165, 1.54) is 23.1 Å². The monoisotopic (exact) mass is 705 g/mol. The number of thiazole rings is 1. The smallest absolute Gasteiger partial charge is 0.286 e. The zero-order valence-electron chi connectivity index (χ0n) is 22.2. The summed E-state index contributed by atoms with van der Waals surface area (Å²) in [5.41, 5.74) is 2.02. The second-order valence-electron chi connectivity index (χ2n) is 9.10. The van der Waals surface area contributed by atoms with Crippen molar-refractivity contribution in [1.82, 2.24) is 10.6 Å². The second-order valence-corrected chi connectivity index (χ2v) is 14.9. The Hall–Kier alpha value is -2.70. The number of carbonyl (C=O) groups is 2. The van der Waals surface area contributed by atoms with Crippen molar-refractivity contribution in [2.75, 3.05) is 23.2 Å². The van der Waals surface area contributed by atoms with E-state index in [1.807, 2.05) is 19.1 Å². The summed E-state index contributed by atoms with van der Waals surface area (Å²) in [5.74, 6) is -3.46. The van der Waals surface area contributed by atoms with Crippen LogP contribution in [0.2, 0.25) is 10.0 Å². The van der Waals surface area contributed by atoms with Crippen molar-refractivity contribution in [3.05, 3.63) is 68.1 Å². The van der Waals surface area contributed by atoms with Crippen molar-refractivity contribution < 1.29 is 40.1 Å². The molecule has 1 aliphatic rings. The first kappa shape index (κ1) is 33.2. The minimum Gasteiger partial charge on any atom is -0.747 e. The van der Waals surface area contributed by atoms with E-state index in [4.69, 9.17) is 23.2 Å². The third-order valence-corrected chi connectivity index (χ3v) is 9.60. The van der Waals surface area contributed by atoms with Gasteiger partial charge in [0.05, 0.1) is 10.7 Å². The number of hydrogen-bond acceptors (Lipinski definition) is 11. The maximum atomic E-state index is 12.6. The lowest BCUT2D eigenvalue weighted by Gasteiger charge is -2.21. The average molecular weight is 707 g/mol. The highest BCUT2D eigenvalue weighted by Gasteiger charge is 2.28. The van der Waals surface area contributed by atoms with Gasteiger partial charge in [0.1, 0.15) is 43.2 Å². The Morgan fingerprint density at radius 2 is 1.60 bits per heavy atom. The van der Waals surface area contributed by atoms with Crippen LogP contribution < -0.4 is 20.1 Å². The Balaban J connectivity index is 1.71. The van der Waals surface area contributed by atoms with Gasteiger partial charge < -0.3 is 24.6 Å². The van der Waals surface area contributed by atoms with E-state index in [-0.39, 0.29) is 13.1 Å². The van der Waals surface area contributed by atoms with Crippen LogP contribution in [-0.4, -0.2) is 56.1 Å². The van der Waals surface area contributed by atoms with Gasteiger partial charge in [0.15, 0.2) is 0 Å². The van der Waals surface area contributed by atoms with Crippen LogP contribution in [0.1, 0.15) is 18.4 Å². The summed E-state index contributed by atoms with van der Waals surface area (Å²) in [7, 11) is -9.33. The molecule has 3 aromatic rings. The zero-order chi connectivity index (χ0) is 31.5. The number of rotatable bonds is 11. The molecule has 1 aliphatic heterocycles. The van der Waals surface area contributed by atoms with Gasteiger partial charge >= 0.3 is 0 Å². The number of thioether (sulfide) groups is 1. The van der Waals surface area contributed by atoms with Gasteiger partial charge in [-0.05, 0) is 48.4 Å². The molecule has 230 valence electrons. The predicted octanol–water partition coefficient (Wildman–Crippen LogP) is 2.98. The molecule has 0 radical (unpaired) electrons. The number of benzene rings is 2. The molecule has 0 fully saturated rings. The SMILES string of the molecule is CCC(=C/c1sc2ccc(Cl)cc2[n+]1CC(=O)NCS(=O)(=O)[O-])/C=C1/Sc2ccc(Cl)cc2N1CC(=O)NCS(=O)(=O)[O-]. The number of carbonyl (C=O) groups excluding carboxylic acids is 2. The fourth-order valence-corrected chi connectivity index (χ4v) is 7.23. The Kier molecular flexibility index (Phi) is 10.4. The summed E-state index contributed by atoms with van der Waals surface area (Å²) in [6.07, 6.45) is 4.19. The summed E-state index contributed by atoms with van der Waals surface area (Å²) < 4.78 is 68.4. The maximum Gasteiger partial charge on any atom is 0.286 e. The van der Waals surface area contributed by atoms with Crippen LogP contribution in [0.25, 0.3) is 16.3 Å². The minimum atomic E-state index is -4.66. The Bertz CT molecular complexity index is 1870. The second kappa shape index (κ2) is 13.5. The predicted molar refractivity (Wildman–Crippen MR) is 163 cm³/mol. The summed E-state index contributed by atoms with van der Waals surface area (Å²) in [5, 5.41) is 6.33. The van der Waals surface area contributed by atoms with Crippen molar-refractivity contribution in [2.24, 2.45) is 0 Å². The number of nitrogens with zero attached hydrogens (tertiary/aromatic N) is 2. The molecule has 43 heavy (non-hydrogen) atoms. The van der Waals surface area contributed by atoms with Crippen LogP contribution in [0.15, 0.2) is 58.0 Å². The molecule has 0 aliphatic carbocycles. The molecule has 0 atom stereocenters. The molecule has 0 unspecified atom stereocenters. The lowest BCUT2D eigenvalue weighted by Crippen LogP contribution is -2.45. The Morgan fingerprint density at radius 1 is 0.977 bits per heavy atom. The third-order valence-electron chi connectivity index (χ3n) is 5.91. The van der Waals surface area contributed by atoms with Crippen molar-refractivity contribution in [2.45, 2.75) is 24.8 Å². The van der Waals surface area contributed by atoms with Gasteiger partial charge in [0.2, 0.25) is 18.0 Å². The van der Waals surface area contributed by atoms with Crippen LogP contribution in [-0.2, 0) is 36.4 Å². The molecule has 0 saturated carbocycles. The molecule has 2 aromatic carbocycles. The fourth-order valence-electron chi connectivity index (χ4n) is 3.99. The fraction of sp³-hybridized carbons (Fsp3) is 0.240. The highest BCUT2D eigenvalue weighted by molar-refractivity contribution is 8.03. The van der Waals surface area contributed by atoms with Gasteiger partial charge in [0, 0.05) is 27.1 Å². The highest BCUT2D eigenvalue weighted by Crippen LogP contribution is 2.47. The lowest BCUT2D eigenvalue weighted by atomic mass is 10.2. The Morgan fingerprint density at radius 3 is 2.26 bits per heavy atom. The van der Waals surface area contributed by atoms with Crippen molar-refractivity contribution in [3.8, 4) is 0 Å². The van der Waals surface area contributed by atoms with E-state index in [0.29, 0.717) is 37.7 Å². The largest absolute Gasteiger partial charge is 0.747 e. The summed E-state index contributed by atoms with van der Waals surface area (Å²) in [6.45, 7) is 1.33. The van der Waals surface area contributed by atoms with Gasteiger partial charge in [-0.15, -0.1) is 0 Å². The first-order chi connectivity index (χ1) is 20.1. The summed E-state index contributed by atoms with van der Waals surface area (Å²) in [4.78, 5) is 27.6. The van der Waals surface area contributed by atoms with Crippen LogP contribution in [0.3, 0.4) is 0 Å². The van der Waals surface area contributed by atoms with Crippen molar-refractivity contribution in [3.63, 3.8) is 0 Å². The topological polar surface area (TPSA) is 180 Å². The first-order valence-corrected chi connectivity index (χ1v) is 17.9. The van der Waals surface area contributed by atoms with Gasteiger partial charge in [-0.25, -0.2) is 16.8 Å². The van der Waals surface area contributed by atoms with Crippen molar-refractivity contribution >= 4 is 100 Å². The average Bonchev–Trinajstić information content (AvgIpc) is 3.41. The van der Waals surface area contributed by atoms with E-state index >= 15 is 0 Å². The first-order valence-electron chi connectivity index (χ1n) is 12.3. The normalized spacial score (nSPS) is 14.8. The van der Waals surface area contributed by atoms with Gasteiger partial charge in [-0.2, -0.15) is 4.57 Å². The molecular weight excluding hydrogens is 683 g/mol. The van der Waals surface area contributed by atoms with E-state index in [2.05, 4.69) is 10.6 Å². The van der Waals surface area contributed by atoms with Crippen molar-refractivity contribution in [1.29, 1.82) is 0 Å². The Labute approximate surface area is 265 Å². The molecule has 2 N–H and O–H groups in total. The molecule has 1 aromatic heterocycles. The molecule has 2 heterocycles. The number of hydrogen-bond donors (Lipinski definition) is 2. The van der Waals surface area contributed by atoms with E-state index in [9.17, 15) is 35.5 Å². The van der Waals surface area contributed by atoms with E-state index < -0.39 is 43.8 Å². The van der Waals surface area contributed by atoms with E-state index in [1.54, 1.807) is 45.9 Å². The standard InChI is InChI=1S/C25H24Cl2N4O8S4/c1-2-15(7-24-30(11-22(32)28-13-42(34,35)36)18-9-16(26)3-5-20(18)40-24)8-25-31(12-23(33)29-14-43(37,38)39)19-10-17(27)4-6-21(19)41-25/h3-10H,2,11-14H2,1H3,(H3-,28,29,32,33,34,35,36,37,38,39)/p-1. The molecule has 2 amide bonds. The number of allylic oxidation sites excluding steroid dienone is 2. The summed E-state index contributed by atoms with van der Waals surface area (Å²) >= 11 is 15.1.